The van der Waals surface area contributed by atoms with Gasteiger partial charge in [0.2, 0.25) is 0 Å². The minimum atomic E-state index is 0.147. The van der Waals surface area contributed by atoms with Gasteiger partial charge in [0.25, 0.3) is 0 Å². The van der Waals surface area contributed by atoms with Crippen molar-refractivity contribution in [3.8, 4) is 11.1 Å². The van der Waals surface area contributed by atoms with Crippen molar-refractivity contribution in [2.24, 2.45) is 0 Å². The van der Waals surface area contributed by atoms with E-state index in [0.717, 1.165) is 11.1 Å². The first kappa shape index (κ1) is 12.8. The highest BCUT2D eigenvalue weighted by Crippen LogP contribution is 2.36. The molecule has 94 valence electrons. The molecule has 0 saturated carbocycles. The average molecular weight is 240 g/mol. The molecule has 0 amide bonds. The normalized spacial score (nSPS) is 11.2. The van der Waals surface area contributed by atoms with E-state index in [9.17, 15) is 4.79 Å². The summed E-state index contributed by atoms with van der Waals surface area (Å²) in [6, 6.07) is 8.55. The van der Waals surface area contributed by atoms with E-state index in [-0.39, 0.29) is 5.78 Å². The molecule has 0 aromatic rings. The molecule has 0 heterocycles. The highest BCUT2D eigenvalue weighted by Gasteiger charge is 2.18. The zero-order chi connectivity index (χ0) is 13.4. The fourth-order valence-corrected chi connectivity index (χ4v) is 2.48. The Morgan fingerprint density at radius 1 is 1.06 bits per heavy atom. The number of carbonyl (C=O) groups excluding carboxylic acids is 1. The molecule has 1 heteroatoms. The van der Waals surface area contributed by atoms with Crippen LogP contribution < -0.4 is 0 Å². The quantitative estimate of drug-likeness (QED) is 0.693. The molecule has 2 aliphatic carbocycles. The topological polar surface area (TPSA) is 17.1 Å². The lowest BCUT2D eigenvalue weighted by molar-refractivity contribution is 0.101. The SMILES string of the molecule is CC(=O)c1cc(C)c2cc(C(C)C)ccc(C)c1-2. The van der Waals surface area contributed by atoms with Crippen molar-refractivity contribution in [3.05, 3.63) is 46.5 Å². The third-order valence-electron chi connectivity index (χ3n) is 3.60. The predicted octanol–water partition coefficient (Wildman–Crippen LogP) is 4.73. The molecule has 0 bridgehead atoms. The summed E-state index contributed by atoms with van der Waals surface area (Å²) in [5.41, 5.74) is 6.87. The maximum absolute atomic E-state index is 11.7. The first-order chi connectivity index (χ1) is 8.41. The Bertz CT molecular complexity index is 579. The van der Waals surface area contributed by atoms with Gasteiger partial charge in [0.1, 0.15) is 0 Å². The monoisotopic (exact) mass is 240 g/mol. The third kappa shape index (κ3) is 2.05. The summed E-state index contributed by atoms with van der Waals surface area (Å²) in [7, 11) is 0. The zero-order valence-corrected chi connectivity index (χ0v) is 11.8. The summed E-state index contributed by atoms with van der Waals surface area (Å²) < 4.78 is 0. The van der Waals surface area contributed by atoms with Crippen LogP contribution in [0.5, 0.6) is 0 Å². The van der Waals surface area contributed by atoms with Gasteiger partial charge in [-0.15, -0.1) is 0 Å². The van der Waals surface area contributed by atoms with Gasteiger partial charge in [-0.1, -0.05) is 32.0 Å². The molecule has 0 N–H and O–H groups in total. The van der Waals surface area contributed by atoms with E-state index in [0.29, 0.717) is 5.92 Å². The maximum atomic E-state index is 11.7. The van der Waals surface area contributed by atoms with Crippen LogP contribution in [0.4, 0.5) is 0 Å². The molecule has 2 aliphatic rings. The second kappa shape index (κ2) is 4.56. The van der Waals surface area contributed by atoms with Crippen molar-refractivity contribution in [1.29, 1.82) is 0 Å². The number of carbonyl (C=O) groups is 1. The van der Waals surface area contributed by atoms with E-state index in [1.54, 1.807) is 6.92 Å². The van der Waals surface area contributed by atoms with Gasteiger partial charge in [0.05, 0.1) is 0 Å². The zero-order valence-electron chi connectivity index (χ0n) is 11.8. The first-order valence-electron chi connectivity index (χ1n) is 6.46. The summed E-state index contributed by atoms with van der Waals surface area (Å²) >= 11 is 0. The first-order valence-corrected chi connectivity index (χ1v) is 6.46. The molecule has 0 fully saturated rings. The van der Waals surface area contributed by atoms with Crippen molar-refractivity contribution < 1.29 is 4.79 Å². The molecular formula is C17H20O. The second-order valence-electron chi connectivity index (χ2n) is 5.40. The Hall–Kier alpha value is -1.63. The van der Waals surface area contributed by atoms with Crippen LogP contribution in [0.1, 0.15) is 53.7 Å². The lowest BCUT2D eigenvalue weighted by Crippen LogP contribution is -1.91. The molecule has 0 aromatic heterocycles. The molecule has 0 radical (unpaired) electrons. The Morgan fingerprint density at radius 3 is 2.28 bits per heavy atom. The van der Waals surface area contributed by atoms with E-state index in [1.165, 1.54) is 22.3 Å². The van der Waals surface area contributed by atoms with Crippen molar-refractivity contribution >= 4 is 5.78 Å². The summed E-state index contributed by atoms with van der Waals surface area (Å²) in [4.78, 5) is 11.7. The fraction of sp³-hybridized carbons (Fsp3) is 0.353. The summed E-state index contributed by atoms with van der Waals surface area (Å²) in [6.07, 6.45) is 0. The minimum Gasteiger partial charge on any atom is -0.294 e. The molecule has 0 aromatic carbocycles. The van der Waals surface area contributed by atoms with Gasteiger partial charge < -0.3 is 0 Å². The van der Waals surface area contributed by atoms with Gasteiger partial charge in [0, 0.05) is 5.56 Å². The van der Waals surface area contributed by atoms with Gasteiger partial charge in [-0.25, -0.2) is 0 Å². The largest absolute Gasteiger partial charge is 0.294 e. The van der Waals surface area contributed by atoms with Crippen LogP contribution >= 0.6 is 0 Å². The number of fused-ring (bicyclic) bond motifs is 1. The van der Waals surface area contributed by atoms with E-state index in [4.69, 9.17) is 0 Å². The van der Waals surface area contributed by atoms with E-state index in [2.05, 4.69) is 45.9 Å². The Labute approximate surface area is 109 Å². The smallest absolute Gasteiger partial charge is 0.160 e. The van der Waals surface area contributed by atoms with Crippen LogP contribution in [0.3, 0.4) is 0 Å². The maximum Gasteiger partial charge on any atom is 0.160 e. The van der Waals surface area contributed by atoms with Crippen molar-refractivity contribution in [3.63, 3.8) is 0 Å². The lowest BCUT2D eigenvalue weighted by Gasteiger charge is -2.04. The number of hydrogen-bond acceptors (Lipinski definition) is 1. The molecule has 1 nitrogen and oxygen atoms in total. The van der Waals surface area contributed by atoms with Crippen LogP contribution in [0.25, 0.3) is 11.1 Å². The van der Waals surface area contributed by atoms with Gasteiger partial charge in [0.15, 0.2) is 5.78 Å². The molecule has 0 aliphatic heterocycles. The van der Waals surface area contributed by atoms with Crippen LogP contribution in [-0.2, 0) is 0 Å². The number of Topliss-reactive ketones (excluding diaryl/α,β-unsaturated/α-hetero) is 1. The number of aryl methyl sites for hydroxylation is 2. The predicted molar refractivity (Wildman–Crippen MR) is 76.6 cm³/mol. The van der Waals surface area contributed by atoms with Gasteiger partial charge in [-0.2, -0.15) is 0 Å². The highest BCUT2D eigenvalue weighted by atomic mass is 16.1. The highest BCUT2D eigenvalue weighted by molar-refractivity contribution is 6.03. The molecule has 0 atom stereocenters. The van der Waals surface area contributed by atoms with E-state index < -0.39 is 0 Å². The number of hydrogen-bond donors (Lipinski definition) is 0. The average Bonchev–Trinajstić information content (AvgIpc) is 2.50. The van der Waals surface area contributed by atoms with Crippen LogP contribution in [-0.4, -0.2) is 5.78 Å². The van der Waals surface area contributed by atoms with Crippen molar-refractivity contribution in [1.82, 2.24) is 0 Å². The minimum absolute atomic E-state index is 0.147. The van der Waals surface area contributed by atoms with Crippen LogP contribution in [0.2, 0.25) is 0 Å². The molecule has 2 rings (SSSR count). The Kier molecular flexibility index (Phi) is 3.25. The van der Waals surface area contributed by atoms with Crippen LogP contribution in [0, 0.1) is 13.8 Å². The van der Waals surface area contributed by atoms with E-state index >= 15 is 0 Å². The number of rotatable bonds is 2. The number of ketones is 1. The second-order valence-corrected chi connectivity index (χ2v) is 5.40. The summed E-state index contributed by atoms with van der Waals surface area (Å²) in [5, 5.41) is 0. The lowest BCUT2D eigenvalue weighted by atomic mass is 10.00. The van der Waals surface area contributed by atoms with Crippen molar-refractivity contribution in [2.75, 3.05) is 0 Å². The molecule has 0 unspecified atom stereocenters. The van der Waals surface area contributed by atoms with Crippen molar-refractivity contribution in [2.45, 2.75) is 40.5 Å². The molecular weight excluding hydrogens is 220 g/mol. The van der Waals surface area contributed by atoms with Gasteiger partial charge in [-0.3, -0.25) is 4.79 Å². The third-order valence-corrected chi connectivity index (χ3v) is 3.60. The summed E-state index contributed by atoms with van der Waals surface area (Å²) in [5.74, 6) is 0.642. The van der Waals surface area contributed by atoms with Gasteiger partial charge in [-0.05, 0) is 60.6 Å². The Morgan fingerprint density at radius 2 is 1.72 bits per heavy atom. The van der Waals surface area contributed by atoms with Crippen LogP contribution in [0.15, 0.2) is 24.3 Å². The van der Waals surface area contributed by atoms with E-state index in [1.807, 2.05) is 6.07 Å². The molecule has 18 heavy (non-hydrogen) atoms. The Balaban J connectivity index is 2.79. The standard InChI is InChI=1S/C17H20O/c1-10(2)14-7-6-11(3)17-15(9-14)12(4)8-16(17)13(5)18/h6-10H,1-5H3. The molecule has 0 spiro atoms. The summed E-state index contributed by atoms with van der Waals surface area (Å²) in [6.45, 7) is 10.2. The van der Waals surface area contributed by atoms with Gasteiger partial charge >= 0.3 is 0 Å². The fourth-order valence-electron chi connectivity index (χ4n) is 2.48. The molecule has 0 saturated heterocycles.